The molecule has 0 heterocycles. The lowest BCUT2D eigenvalue weighted by Crippen LogP contribution is -1.57. The van der Waals surface area contributed by atoms with Crippen LogP contribution < -0.4 is 36.9 Å². The Balaban J connectivity index is -0.00000000310. The summed E-state index contributed by atoms with van der Waals surface area (Å²) in [5, 5.41) is 7.57. The van der Waals surface area contributed by atoms with Crippen LogP contribution in [0.1, 0.15) is 48.5 Å². The topological polar surface area (TPSA) is 264 Å². The number of aliphatic hydroxyl groups excluding tert-OH is 1. The van der Waals surface area contributed by atoms with Crippen LogP contribution in [-0.2, 0) is 9.59 Å². The highest BCUT2D eigenvalue weighted by Crippen LogP contribution is 1.76. The maximum atomic E-state index is 8.00. The average Bonchev–Trinajstić information content (AvgIpc) is 2.12. The Morgan fingerprint density at radius 3 is 0.684 bits per heavy atom. The highest BCUT2D eigenvalue weighted by Gasteiger charge is 1.56. The number of unbranched alkanes of at least 4 members (excludes halogenated alkanes) is 1. The van der Waals surface area contributed by atoms with Crippen LogP contribution in [0.2, 0.25) is 0 Å². The number of hydrogen-bond acceptors (Lipinski definition) is 9. The third-order valence-corrected chi connectivity index (χ3v) is 0.500. The van der Waals surface area contributed by atoms with Gasteiger partial charge in [-0.2, -0.15) is 0 Å². The zero-order valence-corrected chi connectivity index (χ0v) is 12.0. The molecule has 0 aromatic carbocycles. The summed E-state index contributed by atoms with van der Waals surface area (Å²) in [5.74, 6) is 0. The molecule has 9 nitrogen and oxygen atoms in total. The van der Waals surface area contributed by atoms with E-state index in [0.29, 0.717) is 0 Å². The third kappa shape index (κ3) is 1070000. The van der Waals surface area contributed by atoms with Gasteiger partial charge in [0, 0.05) is 6.61 Å². The van der Waals surface area contributed by atoms with E-state index in [-0.39, 0.29) is 58.4 Å². The number of carbonyl (C=O) groups is 2. The predicted molar refractivity (Wildman–Crippen MR) is 91.2 cm³/mol. The quantitative estimate of drug-likeness (QED) is 0.371. The van der Waals surface area contributed by atoms with E-state index in [9.17, 15) is 0 Å². The molecular formula is C10H46N6O3. The van der Waals surface area contributed by atoms with E-state index >= 15 is 0 Å². The molecule has 0 rings (SSSR count). The van der Waals surface area contributed by atoms with Gasteiger partial charge in [-0.25, -0.2) is 0 Å². The molecule has 0 amide bonds. The minimum atomic E-state index is 0. The molecule has 0 atom stereocenters. The van der Waals surface area contributed by atoms with Gasteiger partial charge in [0.25, 0.3) is 0 Å². The summed E-state index contributed by atoms with van der Waals surface area (Å²) in [5.41, 5.74) is 0. The summed E-state index contributed by atoms with van der Waals surface area (Å²) in [4.78, 5) is 16.0. The summed E-state index contributed by atoms with van der Waals surface area (Å²) < 4.78 is 0. The van der Waals surface area contributed by atoms with E-state index in [4.69, 9.17) is 14.7 Å². The van der Waals surface area contributed by atoms with Crippen molar-refractivity contribution in [1.29, 1.82) is 0 Å². The molecule has 0 aliphatic heterocycles. The van der Waals surface area contributed by atoms with E-state index in [1.54, 1.807) is 6.92 Å². The molecule has 0 unspecified atom stereocenters. The van der Waals surface area contributed by atoms with Crippen LogP contribution in [0, 0.1) is 0 Å². The van der Waals surface area contributed by atoms with Crippen LogP contribution in [0.4, 0.5) is 0 Å². The smallest absolute Gasteiger partial charge is 0.106 e. The minimum Gasteiger partial charge on any atom is -0.397 e. The molecule has 134 valence electrons. The van der Waals surface area contributed by atoms with Gasteiger partial charge in [-0.15, -0.1) is 0 Å². The second-order valence-corrected chi connectivity index (χ2v) is 1.32. The van der Waals surface area contributed by atoms with Gasteiger partial charge in [0.2, 0.25) is 0 Å². The molecule has 9 heteroatoms. The second kappa shape index (κ2) is 1040. The van der Waals surface area contributed by atoms with Gasteiger partial charge in [0.15, 0.2) is 0 Å². The van der Waals surface area contributed by atoms with Gasteiger partial charge >= 0.3 is 0 Å². The van der Waals surface area contributed by atoms with Gasteiger partial charge < -0.3 is 51.6 Å². The van der Waals surface area contributed by atoms with E-state index in [1.165, 1.54) is 12.8 Å². The molecule has 0 aliphatic rings. The fourth-order valence-electron chi connectivity index (χ4n) is 0. The van der Waals surface area contributed by atoms with Crippen molar-refractivity contribution >= 4 is 13.6 Å². The van der Waals surface area contributed by atoms with Crippen LogP contribution in [0.25, 0.3) is 0 Å². The molecule has 0 spiro atoms. The standard InChI is InChI=1S/C4H10.C2H6O.2CH2O.2CH4.6H3N/c1-3-4-2;1-2-3;2*1-2;;;;;;;;/h3-4H2,1-2H3;3H,2H2,1H3;2*1H2;2*1H4;6*1H3. The molecule has 0 saturated carbocycles. The maximum Gasteiger partial charge on any atom is 0.106 e. The molecule has 0 bridgehead atoms. The Labute approximate surface area is 121 Å². The Hall–Kier alpha value is -0.940. The van der Waals surface area contributed by atoms with Crippen LogP contribution in [0.5, 0.6) is 0 Å². The van der Waals surface area contributed by atoms with E-state index < -0.39 is 0 Å². The second-order valence-electron chi connectivity index (χ2n) is 1.32. The summed E-state index contributed by atoms with van der Waals surface area (Å²) in [6.07, 6.45) is 2.64. The zero-order valence-electron chi connectivity index (χ0n) is 12.0. The van der Waals surface area contributed by atoms with E-state index in [1.807, 2.05) is 13.6 Å². The number of aliphatic hydroxyl groups is 1. The van der Waals surface area contributed by atoms with Gasteiger partial charge in [0.05, 0.1) is 0 Å². The highest BCUT2D eigenvalue weighted by atomic mass is 16.2. The Morgan fingerprint density at radius 1 is 0.632 bits per heavy atom. The molecule has 0 aromatic rings. The van der Waals surface area contributed by atoms with Crippen LogP contribution in [-0.4, -0.2) is 25.3 Å². The maximum absolute atomic E-state index is 8.00. The molecule has 0 radical (unpaired) electrons. The average molecular weight is 299 g/mol. The largest absolute Gasteiger partial charge is 0.397 e. The lowest BCUT2D eigenvalue weighted by molar-refractivity contribution is -0.0987. The minimum absolute atomic E-state index is 0. The van der Waals surface area contributed by atoms with Crippen molar-refractivity contribution in [3.63, 3.8) is 0 Å². The molecule has 0 saturated heterocycles. The van der Waals surface area contributed by atoms with E-state index in [2.05, 4.69) is 13.8 Å². The van der Waals surface area contributed by atoms with Crippen LogP contribution in [0.3, 0.4) is 0 Å². The van der Waals surface area contributed by atoms with Gasteiger partial charge in [-0.3, -0.25) is 0 Å². The SMILES string of the molecule is C.C.C=O.C=O.CCCC.CCO.N.N.N.N.N.N. The molecule has 0 aromatic heterocycles. The molecule has 19 N–H and O–H groups in total. The van der Waals surface area contributed by atoms with E-state index in [0.717, 1.165) is 0 Å². The number of rotatable bonds is 1. The first-order valence-corrected chi connectivity index (χ1v) is 3.51. The molecule has 0 fully saturated rings. The lowest BCUT2D eigenvalue weighted by Gasteiger charge is -1.68. The van der Waals surface area contributed by atoms with Crippen molar-refractivity contribution in [2.24, 2.45) is 0 Å². The first-order chi connectivity index (χ1) is 5.33. The fourth-order valence-corrected chi connectivity index (χ4v) is 0. The number of hydrogen-bond donors (Lipinski definition) is 7. The van der Waals surface area contributed by atoms with Crippen LogP contribution >= 0.6 is 0 Å². The Kier molecular flexibility index (Phi) is 7810. The third-order valence-electron chi connectivity index (χ3n) is 0.500. The highest BCUT2D eigenvalue weighted by molar-refractivity contribution is 5.11. The van der Waals surface area contributed by atoms with Gasteiger partial charge in [-0.05, 0) is 6.92 Å². The number of carbonyl (C=O) groups excluding carboxylic acids is 2. The van der Waals surface area contributed by atoms with Crippen molar-refractivity contribution in [3.8, 4) is 0 Å². The first-order valence-electron chi connectivity index (χ1n) is 3.51. The van der Waals surface area contributed by atoms with Crippen LogP contribution in [0.15, 0.2) is 0 Å². The molecular weight excluding hydrogens is 252 g/mol. The summed E-state index contributed by atoms with van der Waals surface area (Å²) >= 11 is 0. The first kappa shape index (κ1) is 143. The van der Waals surface area contributed by atoms with Crippen molar-refractivity contribution in [2.45, 2.75) is 48.5 Å². The van der Waals surface area contributed by atoms with Crippen molar-refractivity contribution in [3.05, 3.63) is 0 Å². The van der Waals surface area contributed by atoms with Crippen molar-refractivity contribution in [2.75, 3.05) is 6.61 Å². The fraction of sp³-hybridized carbons (Fsp3) is 0.800. The van der Waals surface area contributed by atoms with Crippen molar-refractivity contribution in [1.82, 2.24) is 36.9 Å². The Morgan fingerprint density at radius 2 is 0.684 bits per heavy atom. The summed E-state index contributed by atoms with van der Waals surface area (Å²) in [7, 11) is 0. The monoisotopic (exact) mass is 298 g/mol. The summed E-state index contributed by atoms with van der Waals surface area (Å²) in [6, 6.07) is 0. The van der Waals surface area contributed by atoms with Crippen molar-refractivity contribution < 1.29 is 14.7 Å². The molecule has 19 heavy (non-hydrogen) atoms. The summed E-state index contributed by atoms with van der Waals surface area (Å²) in [6.45, 7) is 10.3. The normalized spacial score (nSPS) is 2.95. The Bertz CT molecular complexity index is 46.4. The zero-order chi connectivity index (χ0) is 10.1. The van der Waals surface area contributed by atoms with Gasteiger partial charge in [-0.1, -0.05) is 41.5 Å². The predicted octanol–water partition coefficient (Wildman–Crippen LogP) is 3.68. The molecule has 0 aliphatic carbocycles. The lowest BCUT2D eigenvalue weighted by atomic mass is 10.4. The van der Waals surface area contributed by atoms with Gasteiger partial charge in [0.1, 0.15) is 13.6 Å².